The molecule has 6 heteroatoms. The highest BCUT2D eigenvalue weighted by Gasteiger charge is 2.26. The maximum absolute atomic E-state index is 13.8. The van der Waals surface area contributed by atoms with E-state index in [4.69, 9.17) is 11.6 Å². The highest BCUT2D eigenvalue weighted by molar-refractivity contribution is 6.31. The summed E-state index contributed by atoms with van der Waals surface area (Å²) in [7, 11) is 0. The smallest absolute Gasteiger partial charge is 0.228 e. The Bertz CT molecular complexity index is 769. The molecule has 1 aliphatic heterocycles. The Hall–Kier alpha value is -1.98. The molecule has 1 amide bonds. The quantitative estimate of drug-likeness (QED) is 0.868. The van der Waals surface area contributed by atoms with E-state index in [1.54, 1.807) is 12.1 Å². The molecule has 1 N–H and O–H groups in total. The van der Waals surface area contributed by atoms with Crippen molar-refractivity contribution < 1.29 is 13.6 Å². The lowest BCUT2D eigenvalue weighted by molar-refractivity contribution is -0.121. The summed E-state index contributed by atoms with van der Waals surface area (Å²) in [5.74, 6) is -1.06. The van der Waals surface area contributed by atoms with Crippen molar-refractivity contribution in [1.29, 1.82) is 0 Å². The summed E-state index contributed by atoms with van der Waals surface area (Å²) in [6.45, 7) is 1.88. The van der Waals surface area contributed by atoms with Crippen LogP contribution in [0.4, 0.5) is 14.5 Å². The molecule has 2 aromatic carbocycles. The standard InChI is InChI=1S/C19H19ClF2N2O/c20-16-10-15(7-8-18(16)22)23-19(25)14-5-3-9-24(12-14)11-13-4-1-2-6-17(13)21/h1-2,4,6-8,10,14H,3,5,9,11-12H2,(H,23,25). The number of likely N-dealkylation sites (tertiary alicyclic amines) is 1. The number of nitrogens with one attached hydrogen (secondary N) is 1. The number of hydrogen-bond donors (Lipinski definition) is 1. The minimum atomic E-state index is -0.520. The van der Waals surface area contributed by atoms with Crippen LogP contribution in [0.25, 0.3) is 0 Å². The number of hydrogen-bond acceptors (Lipinski definition) is 2. The van der Waals surface area contributed by atoms with E-state index in [0.717, 1.165) is 19.4 Å². The average molecular weight is 365 g/mol. The summed E-state index contributed by atoms with van der Waals surface area (Å²) < 4.78 is 27.0. The van der Waals surface area contributed by atoms with Gasteiger partial charge in [-0.2, -0.15) is 0 Å². The van der Waals surface area contributed by atoms with Crippen LogP contribution in [-0.4, -0.2) is 23.9 Å². The fourth-order valence-corrected chi connectivity index (χ4v) is 3.28. The van der Waals surface area contributed by atoms with Crippen molar-refractivity contribution >= 4 is 23.2 Å². The second kappa shape index (κ2) is 7.93. The number of halogens is 3. The Labute approximate surface area is 150 Å². The van der Waals surface area contributed by atoms with E-state index in [0.29, 0.717) is 24.3 Å². The fraction of sp³-hybridized carbons (Fsp3) is 0.316. The molecule has 0 bridgehead atoms. The van der Waals surface area contributed by atoms with Gasteiger partial charge in [-0.1, -0.05) is 29.8 Å². The topological polar surface area (TPSA) is 32.3 Å². The van der Waals surface area contributed by atoms with Crippen LogP contribution in [0.2, 0.25) is 5.02 Å². The number of carbonyl (C=O) groups is 1. The third kappa shape index (κ3) is 4.55. The van der Waals surface area contributed by atoms with Gasteiger partial charge in [-0.3, -0.25) is 9.69 Å². The second-order valence-corrected chi connectivity index (χ2v) is 6.69. The van der Waals surface area contributed by atoms with Gasteiger partial charge < -0.3 is 5.32 Å². The summed E-state index contributed by atoms with van der Waals surface area (Å²) in [5, 5.41) is 2.76. The highest BCUT2D eigenvalue weighted by atomic mass is 35.5. The van der Waals surface area contributed by atoms with Gasteiger partial charge in [-0.05, 0) is 43.7 Å². The molecule has 0 aromatic heterocycles. The zero-order valence-corrected chi connectivity index (χ0v) is 14.4. The average Bonchev–Trinajstić information content (AvgIpc) is 2.60. The van der Waals surface area contributed by atoms with E-state index < -0.39 is 5.82 Å². The molecule has 3 rings (SSSR count). The predicted molar refractivity (Wildman–Crippen MR) is 94.4 cm³/mol. The first-order valence-electron chi connectivity index (χ1n) is 8.24. The molecule has 1 heterocycles. The molecule has 3 nitrogen and oxygen atoms in total. The summed E-state index contributed by atoms with van der Waals surface area (Å²) in [5.41, 5.74) is 1.11. The van der Waals surface area contributed by atoms with Crippen LogP contribution < -0.4 is 5.32 Å². The Kier molecular flexibility index (Phi) is 5.66. The third-order valence-electron chi connectivity index (χ3n) is 4.42. The lowest BCUT2D eigenvalue weighted by Gasteiger charge is -2.32. The van der Waals surface area contributed by atoms with E-state index in [-0.39, 0.29) is 22.7 Å². The van der Waals surface area contributed by atoms with Crippen LogP contribution in [0.15, 0.2) is 42.5 Å². The predicted octanol–water partition coefficient (Wildman–Crippen LogP) is 4.47. The number of carbonyl (C=O) groups excluding carboxylic acids is 1. The van der Waals surface area contributed by atoms with Crippen molar-refractivity contribution in [3.8, 4) is 0 Å². The molecule has 1 aliphatic rings. The normalized spacial score (nSPS) is 18.1. The molecular weight excluding hydrogens is 346 g/mol. The SMILES string of the molecule is O=C(Nc1ccc(F)c(Cl)c1)C1CCCN(Cc2ccccc2F)C1. The van der Waals surface area contributed by atoms with Crippen molar-refractivity contribution in [2.24, 2.45) is 5.92 Å². The van der Waals surface area contributed by atoms with Crippen molar-refractivity contribution in [2.45, 2.75) is 19.4 Å². The monoisotopic (exact) mass is 364 g/mol. The van der Waals surface area contributed by atoms with Gasteiger partial charge in [-0.25, -0.2) is 8.78 Å². The van der Waals surface area contributed by atoms with Gasteiger partial charge in [0.25, 0.3) is 0 Å². The number of rotatable bonds is 4. The van der Waals surface area contributed by atoms with Crippen molar-refractivity contribution in [1.82, 2.24) is 4.90 Å². The molecule has 0 saturated carbocycles. The minimum absolute atomic E-state index is 0.0253. The Balaban J connectivity index is 1.61. The highest BCUT2D eigenvalue weighted by Crippen LogP contribution is 2.23. The van der Waals surface area contributed by atoms with E-state index in [1.807, 2.05) is 6.07 Å². The van der Waals surface area contributed by atoms with E-state index in [2.05, 4.69) is 10.2 Å². The molecule has 0 aliphatic carbocycles. The fourth-order valence-electron chi connectivity index (χ4n) is 3.10. The van der Waals surface area contributed by atoms with Gasteiger partial charge >= 0.3 is 0 Å². The van der Waals surface area contributed by atoms with Crippen LogP contribution in [0.3, 0.4) is 0 Å². The third-order valence-corrected chi connectivity index (χ3v) is 4.70. The molecule has 1 saturated heterocycles. The van der Waals surface area contributed by atoms with Gasteiger partial charge in [0, 0.05) is 24.3 Å². The Morgan fingerprint density at radius 1 is 1.20 bits per heavy atom. The first-order valence-corrected chi connectivity index (χ1v) is 8.62. The summed E-state index contributed by atoms with van der Waals surface area (Å²) >= 11 is 5.74. The molecule has 1 fully saturated rings. The summed E-state index contributed by atoms with van der Waals surface area (Å²) in [6, 6.07) is 10.8. The van der Waals surface area contributed by atoms with E-state index in [1.165, 1.54) is 24.3 Å². The molecule has 132 valence electrons. The van der Waals surface area contributed by atoms with Gasteiger partial charge in [0.05, 0.1) is 10.9 Å². The van der Waals surface area contributed by atoms with Gasteiger partial charge in [-0.15, -0.1) is 0 Å². The number of benzene rings is 2. The largest absolute Gasteiger partial charge is 0.326 e. The van der Waals surface area contributed by atoms with Gasteiger partial charge in [0.15, 0.2) is 0 Å². The molecule has 0 spiro atoms. The Morgan fingerprint density at radius 3 is 2.76 bits per heavy atom. The van der Waals surface area contributed by atoms with Gasteiger partial charge in [0.1, 0.15) is 11.6 Å². The summed E-state index contributed by atoms with van der Waals surface area (Å²) in [4.78, 5) is 14.6. The second-order valence-electron chi connectivity index (χ2n) is 6.28. The zero-order valence-electron chi connectivity index (χ0n) is 13.6. The number of amides is 1. The molecule has 25 heavy (non-hydrogen) atoms. The first kappa shape index (κ1) is 17.8. The van der Waals surface area contributed by atoms with E-state index >= 15 is 0 Å². The van der Waals surface area contributed by atoms with Crippen LogP contribution in [0.1, 0.15) is 18.4 Å². The molecule has 2 aromatic rings. The lowest BCUT2D eigenvalue weighted by Crippen LogP contribution is -2.40. The van der Waals surface area contributed by atoms with Crippen LogP contribution >= 0.6 is 11.6 Å². The number of anilines is 1. The molecular formula is C19H19ClF2N2O. The van der Waals surface area contributed by atoms with Crippen LogP contribution in [-0.2, 0) is 11.3 Å². The maximum atomic E-state index is 13.8. The lowest BCUT2D eigenvalue weighted by atomic mass is 9.96. The first-order chi connectivity index (χ1) is 12.0. The molecule has 1 unspecified atom stereocenters. The zero-order chi connectivity index (χ0) is 17.8. The molecule has 0 radical (unpaired) electrons. The maximum Gasteiger partial charge on any atom is 0.228 e. The van der Waals surface area contributed by atoms with E-state index in [9.17, 15) is 13.6 Å². The number of nitrogens with zero attached hydrogens (tertiary/aromatic N) is 1. The van der Waals surface area contributed by atoms with Crippen LogP contribution in [0, 0.1) is 17.6 Å². The van der Waals surface area contributed by atoms with Crippen molar-refractivity contribution in [3.05, 3.63) is 64.7 Å². The minimum Gasteiger partial charge on any atom is -0.326 e. The number of piperidine rings is 1. The molecule has 1 atom stereocenters. The van der Waals surface area contributed by atoms with Gasteiger partial charge in [0.2, 0.25) is 5.91 Å². The summed E-state index contributed by atoms with van der Waals surface area (Å²) in [6.07, 6.45) is 1.64. The Morgan fingerprint density at radius 2 is 2.00 bits per heavy atom. The van der Waals surface area contributed by atoms with Crippen molar-refractivity contribution in [3.63, 3.8) is 0 Å². The van der Waals surface area contributed by atoms with Crippen LogP contribution in [0.5, 0.6) is 0 Å². The van der Waals surface area contributed by atoms with Crippen molar-refractivity contribution in [2.75, 3.05) is 18.4 Å².